The third-order valence-corrected chi connectivity index (χ3v) is 7.87. The minimum atomic E-state index is -1.30. The molecule has 43 heavy (non-hydrogen) atoms. The SMILES string of the molecule is CCCC1CCCC/C=C/CC(C(=O)N(C)Cc2ccc(OC)cc2OC)C[C@@H](C(=O)O)NC(=O)[C@H](CC(C)C)NC1=O. The number of rotatable bonds is 10. The van der Waals surface area contributed by atoms with Crippen molar-refractivity contribution >= 4 is 23.7 Å². The second kappa shape index (κ2) is 18.2. The molecule has 10 nitrogen and oxygen atoms in total. The number of carboxylic acid groups (broad SMARTS) is 1. The van der Waals surface area contributed by atoms with Crippen LogP contribution in [0.2, 0.25) is 0 Å². The highest BCUT2D eigenvalue weighted by Gasteiger charge is 2.33. The van der Waals surface area contributed by atoms with Crippen LogP contribution in [0.1, 0.15) is 84.1 Å². The first-order chi connectivity index (χ1) is 20.5. The van der Waals surface area contributed by atoms with Gasteiger partial charge in [0.05, 0.1) is 14.2 Å². The lowest BCUT2D eigenvalue weighted by molar-refractivity contribution is -0.144. The Kier molecular flexibility index (Phi) is 15.1. The van der Waals surface area contributed by atoms with Crippen molar-refractivity contribution in [2.45, 2.75) is 97.2 Å². The fraction of sp³-hybridized carbons (Fsp3) is 0.636. The molecule has 3 N–H and O–H groups in total. The van der Waals surface area contributed by atoms with Crippen LogP contribution in [0.5, 0.6) is 11.5 Å². The van der Waals surface area contributed by atoms with E-state index in [1.54, 1.807) is 38.3 Å². The molecule has 0 fully saturated rings. The number of nitrogens with one attached hydrogen (secondary N) is 2. The van der Waals surface area contributed by atoms with Crippen LogP contribution < -0.4 is 20.1 Å². The molecule has 1 aliphatic rings. The lowest BCUT2D eigenvalue weighted by Gasteiger charge is -2.28. The van der Waals surface area contributed by atoms with E-state index in [1.165, 1.54) is 0 Å². The number of aliphatic carboxylic acids is 1. The molecule has 0 spiro atoms. The van der Waals surface area contributed by atoms with Crippen LogP contribution in [0.15, 0.2) is 30.4 Å². The van der Waals surface area contributed by atoms with Crippen LogP contribution in [-0.2, 0) is 25.7 Å². The molecule has 0 saturated carbocycles. The number of amides is 3. The van der Waals surface area contributed by atoms with Crippen LogP contribution in [0.4, 0.5) is 0 Å². The number of carboxylic acids is 1. The van der Waals surface area contributed by atoms with Gasteiger partial charge in [-0.2, -0.15) is 0 Å². The molecule has 0 aliphatic carbocycles. The quantitative estimate of drug-likeness (QED) is 0.331. The van der Waals surface area contributed by atoms with E-state index in [9.17, 15) is 24.3 Å². The number of hydrogen-bond acceptors (Lipinski definition) is 6. The summed E-state index contributed by atoms with van der Waals surface area (Å²) in [4.78, 5) is 54.3. The second-order valence-electron chi connectivity index (χ2n) is 11.9. The average molecular weight is 602 g/mol. The monoisotopic (exact) mass is 601 g/mol. The molecule has 2 rings (SSSR count). The smallest absolute Gasteiger partial charge is 0.326 e. The standard InChI is InChI=1S/C33H51N3O7/c1-7-13-23-14-11-9-8-10-12-15-24(32(39)36(4)21-25-16-17-26(42-5)20-29(25)43-6)19-28(33(40)41)35-31(38)27(18-22(2)3)34-30(23)37/h10,12,16-17,20,22-24,27-28H,7-9,11,13-15,18-19,21H2,1-6H3,(H,34,37)(H,35,38)(H,40,41)/b12-10+/t23?,24?,27-,28-/m0/s1. The maximum atomic E-state index is 13.7. The summed E-state index contributed by atoms with van der Waals surface area (Å²) in [5.41, 5.74) is 0.777. The topological polar surface area (TPSA) is 134 Å². The minimum absolute atomic E-state index is 0.0882. The highest BCUT2D eigenvalue weighted by Crippen LogP contribution is 2.27. The van der Waals surface area contributed by atoms with Gasteiger partial charge < -0.3 is 30.1 Å². The van der Waals surface area contributed by atoms with Crippen LogP contribution in [0.3, 0.4) is 0 Å². The van der Waals surface area contributed by atoms with Gasteiger partial charge in [0.2, 0.25) is 17.7 Å². The maximum Gasteiger partial charge on any atom is 0.326 e. The highest BCUT2D eigenvalue weighted by molar-refractivity contribution is 5.91. The van der Waals surface area contributed by atoms with E-state index < -0.39 is 29.9 Å². The summed E-state index contributed by atoms with van der Waals surface area (Å²) in [5.74, 6) is -1.76. The Bertz CT molecular complexity index is 1100. The fourth-order valence-electron chi connectivity index (χ4n) is 5.48. The summed E-state index contributed by atoms with van der Waals surface area (Å²) in [6.45, 7) is 6.18. The molecule has 2 unspecified atom stereocenters. The lowest BCUT2D eigenvalue weighted by Crippen LogP contribution is -2.53. The molecule has 0 saturated heterocycles. The van der Waals surface area contributed by atoms with E-state index in [4.69, 9.17) is 9.47 Å². The Morgan fingerprint density at radius 1 is 1.07 bits per heavy atom. The predicted molar refractivity (Wildman–Crippen MR) is 166 cm³/mol. The summed E-state index contributed by atoms with van der Waals surface area (Å²) >= 11 is 0. The number of hydrogen-bond donors (Lipinski definition) is 3. The van der Waals surface area contributed by atoms with Crippen molar-refractivity contribution in [3.8, 4) is 11.5 Å². The molecule has 3 amide bonds. The Balaban J connectivity index is 2.34. The number of nitrogens with zero attached hydrogens (tertiary/aromatic N) is 1. The number of benzene rings is 1. The normalized spacial score (nSPS) is 23.1. The molecule has 10 heteroatoms. The molecule has 0 radical (unpaired) electrons. The highest BCUT2D eigenvalue weighted by atomic mass is 16.5. The van der Waals surface area contributed by atoms with Gasteiger partial charge in [-0.3, -0.25) is 14.4 Å². The summed E-state index contributed by atoms with van der Waals surface area (Å²) < 4.78 is 10.8. The maximum absolute atomic E-state index is 13.7. The largest absolute Gasteiger partial charge is 0.497 e. The van der Waals surface area contributed by atoms with Crippen LogP contribution in [-0.4, -0.2) is 67.0 Å². The Hall–Kier alpha value is -3.56. The van der Waals surface area contributed by atoms with E-state index in [2.05, 4.69) is 10.6 Å². The first kappa shape index (κ1) is 35.6. The predicted octanol–water partition coefficient (Wildman–Crippen LogP) is 4.71. The van der Waals surface area contributed by atoms with Gasteiger partial charge in [-0.15, -0.1) is 0 Å². The zero-order chi connectivity index (χ0) is 31.9. The van der Waals surface area contributed by atoms with E-state index in [-0.39, 0.29) is 36.6 Å². The summed E-state index contributed by atoms with van der Waals surface area (Å²) in [6.07, 6.45) is 9.45. The molecular weight excluding hydrogens is 550 g/mol. The van der Waals surface area contributed by atoms with E-state index >= 15 is 0 Å². The van der Waals surface area contributed by atoms with Gasteiger partial charge in [-0.05, 0) is 63.0 Å². The van der Waals surface area contributed by atoms with Crippen LogP contribution in [0.25, 0.3) is 0 Å². The molecule has 1 aromatic carbocycles. The fourth-order valence-corrected chi connectivity index (χ4v) is 5.48. The lowest BCUT2D eigenvalue weighted by atomic mass is 9.92. The first-order valence-electron chi connectivity index (χ1n) is 15.4. The minimum Gasteiger partial charge on any atom is -0.497 e. The van der Waals surface area contributed by atoms with Gasteiger partial charge in [0.25, 0.3) is 0 Å². The Labute approximate surface area is 256 Å². The number of carbonyl (C=O) groups is 4. The number of methoxy groups -OCH3 is 2. The average Bonchev–Trinajstić information content (AvgIpc) is 2.97. The third-order valence-electron chi connectivity index (χ3n) is 7.87. The number of carbonyl (C=O) groups excluding carboxylic acids is 3. The van der Waals surface area contributed by atoms with Crippen LogP contribution in [0, 0.1) is 17.8 Å². The van der Waals surface area contributed by atoms with Gasteiger partial charge >= 0.3 is 5.97 Å². The molecule has 0 bridgehead atoms. The van der Waals surface area contributed by atoms with Crippen molar-refractivity contribution in [1.82, 2.24) is 15.5 Å². The summed E-state index contributed by atoms with van der Waals surface area (Å²) in [5, 5.41) is 15.7. The molecule has 0 aromatic heterocycles. The number of ether oxygens (including phenoxy) is 2. The van der Waals surface area contributed by atoms with Gasteiger partial charge in [-0.25, -0.2) is 4.79 Å². The Morgan fingerprint density at radius 3 is 2.44 bits per heavy atom. The third kappa shape index (κ3) is 11.6. The van der Waals surface area contributed by atoms with Gasteiger partial charge in [0.15, 0.2) is 0 Å². The van der Waals surface area contributed by atoms with Crippen molar-refractivity contribution in [2.75, 3.05) is 21.3 Å². The Morgan fingerprint density at radius 2 is 1.81 bits per heavy atom. The molecule has 4 atom stereocenters. The van der Waals surface area contributed by atoms with Crippen molar-refractivity contribution in [3.63, 3.8) is 0 Å². The second-order valence-corrected chi connectivity index (χ2v) is 11.9. The zero-order valence-electron chi connectivity index (χ0n) is 26.7. The summed E-state index contributed by atoms with van der Waals surface area (Å²) in [6, 6.07) is 3.20. The van der Waals surface area contributed by atoms with Crippen LogP contribution >= 0.6 is 0 Å². The van der Waals surface area contributed by atoms with Gasteiger partial charge in [0, 0.05) is 37.1 Å². The first-order valence-corrected chi connectivity index (χ1v) is 15.4. The number of allylic oxidation sites excluding steroid dienone is 2. The van der Waals surface area contributed by atoms with E-state index in [1.807, 2.05) is 39.0 Å². The van der Waals surface area contributed by atoms with Gasteiger partial charge in [0.1, 0.15) is 23.6 Å². The molecule has 240 valence electrons. The van der Waals surface area contributed by atoms with E-state index in [0.717, 1.165) is 44.1 Å². The van der Waals surface area contributed by atoms with Crippen molar-refractivity contribution in [1.29, 1.82) is 0 Å². The molecule has 1 aliphatic heterocycles. The molecule has 1 aromatic rings. The zero-order valence-corrected chi connectivity index (χ0v) is 26.7. The summed E-state index contributed by atoms with van der Waals surface area (Å²) in [7, 11) is 4.78. The van der Waals surface area contributed by atoms with Crippen molar-refractivity contribution in [2.24, 2.45) is 17.8 Å². The van der Waals surface area contributed by atoms with E-state index in [0.29, 0.717) is 24.3 Å². The molecular formula is C33H51N3O7. The van der Waals surface area contributed by atoms with Crippen molar-refractivity contribution < 1.29 is 33.8 Å². The van der Waals surface area contributed by atoms with Crippen molar-refractivity contribution in [3.05, 3.63) is 35.9 Å². The van der Waals surface area contributed by atoms with Gasteiger partial charge in [-0.1, -0.05) is 45.8 Å². The molecule has 1 heterocycles.